The molecule has 168 valence electrons. The maximum atomic E-state index is 6.07. The third-order valence-corrected chi connectivity index (χ3v) is 6.86. The van der Waals surface area contributed by atoms with E-state index in [0.29, 0.717) is 5.76 Å². The zero-order chi connectivity index (χ0) is 23.7. The molecule has 1 saturated heterocycles. The van der Waals surface area contributed by atoms with Crippen molar-refractivity contribution >= 4 is 50.9 Å². The third kappa shape index (κ3) is 3.07. The summed E-state index contributed by atoms with van der Waals surface area (Å²) in [5.41, 5.74) is 5.36. The topological polar surface area (TPSA) is 48.7 Å². The summed E-state index contributed by atoms with van der Waals surface area (Å²) in [6.07, 6.45) is 0. The van der Waals surface area contributed by atoms with E-state index in [1.54, 1.807) is 0 Å². The molecule has 0 spiro atoms. The Morgan fingerprint density at radius 1 is 0.829 bits per heavy atom. The lowest BCUT2D eigenvalue weighted by atomic mass is 9.78. The monoisotopic (exact) mass is 455 g/mol. The first kappa shape index (κ1) is 20.2. The number of nitrogens with zero attached hydrogens (tertiary/aromatic N) is 3. The van der Waals surface area contributed by atoms with Gasteiger partial charge in [-0.1, -0.05) is 61.2 Å². The minimum Gasteiger partial charge on any atom is -0.534 e. The summed E-state index contributed by atoms with van der Waals surface area (Å²) < 4.78 is 14.1. The normalized spacial score (nSPS) is 15.5. The number of hydrogen-bond acceptors (Lipinski definition) is 4. The molecule has 3 heterocycles. The molecule has 0 amide bonds. The highest BCUT2D eigenvalue weighted by Gasteiger charge is 2.42. The SMILES string of the molecule is C=C1OB(c2ccc3cc(-c4nc5ccccc5c5nc6ccccc6n45)ccc3c2)OC1(C)C. The minimum absolute atomic E-state index is 0.444. The van der Waals surface area contributed by atoms with Crippen LogP contribution < -0.4 is 5.46 Å². The Hall–Kier alpha value is -4.16. The fourth-order valence-electron chi connectivity index (χ4n) is 4.85. The number of para-hydroxylation sites is 3. The zero-order valence-corrected chi connectivity index (χ0v) is 19.5. The smallest absolute Gasteiger partial charge is 0.534 e. The molecule has 0 saturated carbocycles. The maximum absolute atomic E-state index is 6.07. The van der Waals surface area contributed by atoms with E-state index in [1.165, 1.54) is 0 Å². The zero-order valence-electron chi connectivity index (χ0n) is 19.5. The van der Waals surface area contributed by atoms with Gasteiger partial charge >= 0.3 is 7.12 Å². The molecule has 7 rings (SSSR count). The van der Waals surface area contributed by atoms with E-state index >= 15 is 0 Å². The van der Waals surface area contributed by atoms with E-state index in [9.17, 15) is 0 Å². The average Bonchev–Trinajstić information content (AvgIpc) is 3.39. The molecule has 0 aliphatic carbocycles. The first-order valence-corrected chi connectivity index (χ1v) is 11.7. The first-order valence-electron chi connectivity index (χ1n) is 11.7. The van der Waals surface area contributed by atoms with E-state index in [-0.39, 0.29) is 0 Å². The number of hydrogen-bond donors (Lipinski definition) is 0. The molecule has 6 heteroatoms. The van der Waals surface area contributed by atoms with Gasteiger partial charge in [0.1, 0.15) is 17.1 Å². The molecule has 0 atom stereocenters. The molecule has 0 N–H and O–H groups in total. The second-order valence-corrected chi connectivity index (χ2v) is 9.53. The molecule has 0 radical (unpaired) electrons. The number of benzene rings is 4. The van der Waals surface area contributed by atoms with E-state index in [1.807, 2.05) is 50.2 Å². The summed E-state index contributed by atoms with van der Waals surface area (Å²) in [7, 11) is -0.444. The quantitative estimate of drug-likeness (QED) is 0.306. The van der Waals surface area contributed by atoms with Crippen molar-refractivity contribution < 1.29 is 9.31 Å². The highest BCUT2D eigenvalue weighted by molar-refractivity contribution is 6.62. The van der Waals surface area contributed by atoms with Crippen molar-refractivity contribution in [1.82, 2.24) is 14.4 Å². The Bertz CT molecular complexity index is 1820. The van der Waals surface area contributed by atoms with Crippen LogP contribution in [0.2, 0.25) is 0 Å². The number of aromatic nitrogens is 3. The van der Waals surface area contributed by atoms with Crippen molar-refractivity contribution in [3.8, 4) is 11.4 Å². The van der Waals surface area contributed by atoms with E-state index < -0.39 is 12.7 Å². The van der Waals surface area contributed by atoms with Gasteiger partial charge in [0.2, 0.25) is 0 Å². The van der Waals surface area contributed by atoms with Crippen molar-refractivity contribution in [3.05, 3.63) is 97.3 Å². The van der Waals surface area contributed by atoms with Crippen molar-refractivity contribution in [2.45, 2.75) is 19.4 Å². The number of rotatable bonds is 2. The van der Waals surface area contributed by atoms with Crippen LogP contribution in [0.5, 0.6) is 0 Å². The number of imidazole rings is 1. The lowest BCUT2D eigenvalue weighted by Crippen LogP contribution is -2.34. The van der Waals surface area contributed by atoms with Gasteiger partial charge in [-0.25, -0.2) is 9.97 Å². The molecule has 2 aromatic heterocycles. The van der Waals surface area contributed by atoms with Gasteiger partial charge in [0, 0.05) is 10.9 Å². The second-order valence-electron chi connectivity index (χ2n) is 9.53. The summed E-state index contributed by atoms with van der Waals surface area (Å²) in [6.45, 7) is 7.94. The molecular formula is C29H22BN3O2. The molecule has 6 aromatic rings. The molecule has 0 unspecified atom stereocenters. The molecule has 35 heavy (non-hydrogen) atoms. The van der Waals surface area contributed by atoms with Gasteiger partial charge in [0.05, 0.1) is 22.3 Å². The molecule has 1 aliphatic rings. The van der Waals surface area contributed by atoms with Gasteiger partial charge in [0.15, 0.2) is 0 Å². The van der Waals surface area contributed by atoms with Crippen molar-refractivity contribution in [2.24, 2.45) is 0 Å². The Morgan fingerprint density at radius 3 is 2.40 bits per heavy atom. The summed E-state index contributed by atoms with van der Waals surface area (Å²) >= 11 is 0. The summed E-state index contributed by atoms with van der Waals surface area (Å²) in [6, 6.07) is 29.1. The van der Waals surface area contributed by atoms with Crippen LogP contribution >= 0.6 is 0 Å². The van der Waals surface area contributed by atoms with Crippen LogP contribution in [0.3, 0.4) is 0 Å². The molecule has 5 nitrogen and oxygen atoms in total. The Labute approximate surface area is 202 Å². The van der Waals surface area contributed by atoms with Crippen molar-refractivity contribution in [1.29, 1.82) is 0 Å². The molecule has 4 aromatic carbocycles. The van der Waals surface area contributed by atoms with Crippen molar-refractivity contribution in [2.75, 3.05) is 0 Å². The van der Waals surface area contributed by atoms with Crippen LogP contribution in [-0.2, 0) is 9.31 Å². The highest BCUT2D eigenvalue weighted by atomic mass is 16.7. The highest BCUT2D eigenvalue weighted by Crippen LogP contribution is 2.32. The summed E-state index contributed by atoms with van der Waals surface area (Å²) in [5, 5.41) is 3.27. The number of fused-ring (bicyclic) bond motifs is 6. The van der Waals surface area contributed by atoms with Crippen molar-refractivity contribution in [3.63, 3.8) is 0 Å². The van der Waals surface area contributed by atoms with Crippen LogP contribution in [0.4, 0.5) is 0 Å². The molecule has 1 aliphatic heterocycles. The van der Waals surface area contributed by atoms with Gasteiger partial charge in [-0.3, -0.25) is 4.40 Å². The fraction of sp³-hybridized carbons (Fsp3) is 0.103. The van der Waals surface area contributed by atoms with Gasteiger partial charge in [0.25, 0.3) is 0 Å². The Balaban J connectivity index is 1.40. The molecule has 1 fully saturated rings. The average molecular weight is 455 g/mol. The largest absolute Gasteiger partial charge is 0.563 e. The second kappa shape index (κ2) is 7.17. The van der Waals surface area contributed by atoms with Gasteiger partial charge in [-0.15, -0.1) is 0 Å². The predicted octanol–water partition coefficient (Wildman–Crippen LogP) is 5.89. The molecular weight excluding hydrogens is 433 g/mol. The van der Waals surface area contributed by atoms with Gasteiger partial charge in [-0.05, 0) is 60.4 Å². The fourth-order valence-corrected chi connectivity index (χ4v) is 4.85. The standard InChI is InChI=1S/C29H22BN3O2/c1-18-29(2,3)35-30(34-18)22-15-14-19-16-21(13-12-20(19)17-22)27-31-24-9-5-4-8-23(24)28-32-25-10-6-7-11-26(25)33(27)28/h4-17H,1H2,2-3H3. The Morgan fingerprint density at radius 2 is 1.57 bits per heavy atom. The van der Waals surface area contributed by atoms with E-state index in [4.69, 9.17) is 19.3 Å². The van der Waals surface area contributed by atoms with Crippen LogP contribution in [0.25, 0.3) is 49.7 Å². The van der Waals surface area contributed by atoms with Crippen LogP contribution in [-0.4, -0.2) is 27.1 Å². The summed E-state index contributed by atoms with van der Waals surface area (Å²) in [5.74, 6) is 1.52. The van der Waals surface area contributed by atoms with Crippen LogP contribution in [0.1, 0.15) is 13.8 Å². The maximum Gasteiger partial charge on any atom is 0.563 e. The minimum atomic E-state index is -0.496. The first-order chi connectivity index (χ1) is 17.0. The lowest BCUT2D eigenvalue weighted by Gasteiger charge is -2.15. The molecule has 0 bridgehead atoms. The van der Waals surface area contributed by atoms with Crippen LogP contribution in [0.15, 0.2) is 97.3 Å². The predicted molar refractivity (Wildman–Crippen MR) is 142 cm³/mol. The van der Waals surface area contributed by atoms with E-state index in [2.05, 4.69) is 59.5 Å². The van der Waals surface area contributed by atoms with Crippen LogP contribution in [0, 0.1) is 0 Å². The third-order valence-electron chi connectivity index (χ3n) is 6.86. The van der Waals surface area contributed by atoms with E-state index in [0.717, 1.165) is 55.2 Å². The van der Waals surface area contributed by atoms with Gasteiger partial charge in [-0.2, -0.15) is 0 Å². The van der Waals surface area contributed by atoms with Gasteiger partial charge < -0.3 is 9.31 Å². The summed E-state index contributed by atoms with van der Waals surface area (Å²) in [4.78, 5) is 10.0. The Kier molecular flexibility index (Phi) is 4.15. The lowest BCUT2D eigenvalue weighted by molar-refractivity contribution is 0.173.